The zero-order chi connectivity index (χ0) is 7.56. The molecule has 54 valence electrons. The molecule has 3 heteroatoms. The summed E-state index contributed by atoms with van der Waals surface area (Å²) in [5.74, 6) is 5.18. The molecule has 0 atom stereocenters. The third-order valence-electron chi connectivity index (χ3n) is 1.44. The van der Waals surface area contributed by atoms with E-state index in [9.17, 15) is 0 Å². The summed E-state index contributed by atoms with van der Waals surface area (Å²) in [4.78, 5) is 0. The van der Waals surface area contributed by atoms with Crippen molar-refractivity contribution in [3.05, 3.63) is 23.8 Å². The van der Waals surface area contributed by atoms with Crippen LogP contribution in [-0.2, 0) is 0 Å². The van der Waals surface area contributed by atoms with Crippen molar-refractivity contribution < 1.29 is 0 Å². The van der Waals surface area contributed by atoms with E-state index in [2.05, 4.69) is 5.43 Å². The zero-order valence-electron chi connectivity index (χ0n) is 5.89. The molecule has 10 heavy (non-hydrogen) atoms. The molecule has 0 saturated carbocycles. The topological polar surface area (TPSA) is 64.1 Å². The van der Waals surface area contributed by atoms with E-state index < -0.39 is 0 Å². The Morgan fingerprint density at radius 1 is 1.40 bits per heavy atom. The van der Waals surface area contributed by atoms with Crippen LogP contribution in [0.5, 0.6) is 0 Å². The van der Waals surface area contributed by atoms with Gasteiger partial charge in [-0.2, -0.15) is 0 Å². The fraction of sp³-hybridized carbons (Fsp3) is 0.143. The van der Waals surface area contributed by atoms with E-state index in [0.29, 0.717) is 0 Å². The minimum Gasteiger partial charge on any atom is -0.399 e. The van der Waals surface area contributed by atoms with Crippen LogP contribution in [0.3, 0.4) is 0 Å². The Balaban J connectivity index is 3.04. The first-order chi connectivity index (χ1) is 4.74. The summed E-state index contributed by atoms with van der Waals surface area (Å²) >= 11 is 0. The van der Waals surface area contributed by atoms with Gasteiger partial charge in [0, 0.05) is 11.4 Å². The van der Waals surface area contributed by atoms with E-state index >= 15 is 0 Å². The highest BCUT2D eigenvalue weighted by Crippen LogP contribution is 2.14. The van der Waals surface area contributed by atoms with Crippen molar-refractivity contribution in [3.8, 4) is 0 Å². The molecule has 3 nitrogen and oxygen atoms in total. The SMILES string of the molecule is Cc1cc(NN)ccc1N. The molecule has 5 N–H and O–H groups in total. The van der Waals surface area contributed by atoms with Gasteiger partial charge in [-0.25, -0.2) is 0 Å². The molecule has 1 aromatic carbocycles. The average Bonchev–Trinajstić information content (AvgIpc) is 1.95. The van der Waals surface area contributed by atoms with Crippen LogP contribution in [0.4, 0.5) is 11.4 Å². The maximum Gasteiger partial charge on any atom is 0.0489 e. The smallest absolute Gasteiger partial charge is 0.0489 e. The van der Waals surface area contributed by atoms with Gasteiger partial charge in [-0.3, -0.25) is 5.84 Å². The Hall–Kier alpha value is -1.22. The van der Waals surface area contributed by atoms with E-state index in [1.54, 1.807) is 0 Å². The van der Waals surface area contributed by atoms with E-state index in [1.165, 1.54) is 0 Å². The summed E-state index contributed by atoms with van der Waals surface area (Å²) in [5, 5.41) is 0. The predicted molar refractivity (Wildman–Crippen MR) is 43.4 cm³/mol. The third-order valence-corrected chi connectivity index (χ3v) is 1.44. The number of nitrogen functional groups attached to an aromatic ring is 2. The lowest BCUT2D eigenvalue weighted by Gasteiger charge is -2.02. The summed E-state index contributed by atoms with van der Waals surface area (Å²) in [6, 6.07) is 5.56. The van der Waals surface area contributed by atoms with E-state index in [4.69, 9.17) is 11.6 Å². The highest BCUT2D eigenvalue weighted by atomic mass is 15.2. The van der Waals surface area contributed by atoms with Crippen molar-refractivity contribution in [2.45, 2.75) is 6.92 Å². The fourth-order valence-corrected chi connectivity index (χ4v) is 0.765. The summed E-state index contributed by atoms with van der Waals surface area (Å²) in [6.07, 6.45) is 0. The first-order valence-electron chi connectivity index (χ1n) is 3.07. The number of nitrogens with one attached hydrogen (secondary N) is 1. The number of hydrogen-bond donors (Lipinski definition) is 3. The molecule has 0 aliphatic heterocycles. The van der Waals surface area contributed by atoms with Gasteiger partial charge in [0.25, 0.3) is 0 Å². The van der Waals surface area contributed by atoms with Crippen LogP contribution in [0.15, 0.2) is 18.2 Å². The van der Waals surface area contributed by atoms with Gasteiger partial charge in [-0.05, 0) is 30.7 Å². The van der Waals surface area contributed by atoms with Crippen LogP contribution in [0, 0.1) is 6.92 Å². The van der Waals surface area contributed by atoms with Crippen LogP contribution in [0.1, 0.15) is 5.56 Å². The van der Waals surface area contributed by atoms with Crippen molar-refractivity contribution in [2.75, 3.05) is 11.2 Å². The second-order valence-electron chi connectivity index (χ2n) is 2.22. The average molecular weight is 137 g/mol. The molecule has 0 saturated heterocycles. The number of rotatable bonds is 1. The van der Waals surface area contributed by atoms with Gasteiger partial charge >= 0.3 is 0 Å². The number of anilines is 2. The first kappa shape index (κ1) is 6.89. The van der Waals surface area contributed by atoms with Gasteiger partial charge in [0.2, 0.25) is 0 Å². The van der Waals surface area contributed by atoms with Gasteiger partial charge in [0.05, 0.1) is 0 Å². The van der Waals surface area contributed by atoms with Gasteiger partial charge in [0.1, 0.15) is 0 Å². The van der Waals surface area contributed by atoms with E-state index in [-0.39, 0.29) is 0 Å². The normalized spacial score (nSPS) is 9.40. The van der Waals surface area contributed by atoms with Gasteiger partial charge in [-0.15, -0.1) is 0 Å². The molecule has 0 amide bonds. The lowest BCUT2D eigenvalue weighted by molar-refractivity contribution is 1.33. The second-order valence-corrected chi connectivity index (χ2v) is 2.22. The molecule has 0 heterocycles. The minimum absolute atomic E-state index is 0.791. The van der Waals surface area contributed by atoms with Gasteiger partial charge in [0.15, 0.2) is 0 Å². The summed E-state index contributed by atoms with van der Waals surface area (Å²) in [5.41, 5.74) is 10.8. The Labute approximate surface area is 60.0 Å². The van der Waals surface area contributed by atoms with Crippen molar-refractivity contribution in [1.29, 1.82) is 0 Å². The molecule has 0 bridgehead atoms. The summed E-state index contributed by atoms with van der Waals surface area (Å²) in [6.45, 7) is 1.94. The van der Waals surface area contributed by atoms with Crippen molar-refractivity contribution in [2.24, 2.45) is 5.84 Å². The number of hydrogen-bond acceptors (Lipinski definition) is 3. The highest BCUT2D eigenvalue weighted by Gasteiger charge is 1.92. The monoisotopic (exact) mass is 137 g/mol. The Bertz CT molecular complexity index is 232. The molecule has 0 unspecified atom stereocenters. The molecule has 1 rings (SSSR count). The molecule has 0 spiro atoms. The molecule has 0 aromatic heterocycles. The largest absolute Gasteiger partial charge is 0.399 e. The van der Waals surface area contributed by atoms with E-state index in [1.807, 2.05) is 25.1 Å². The quantitative estimate of drug-likeness (QED) is 0.305. The third kappa shape index (κ3) is 1.19. The molecule has 0 radical (unpaired) electrons. The number of hydrazine groups is 1. The van der Waals surface area contributed by atoms with Crippen LogP contribution in [-0.4, -0.2) is 0 Å². The van der Waals surface area contributed by atoms with Crippen LogP contribution in [0.2, 0.25) is 0 Å². The summed E-state index contributed by atoms with van der Waals surface area (Å²) in [7, 11) is 0. The number of nitrogens with two attached hydrogens (primary N) is 2. The van der Waals surface area contributed by atoms with Gasteiger partial charge < -0.3 is 11.2 Å². The van der Waals surface area contributed by atoms with E-state index in [0.717, 1.165) is 16.9 Å². The van der Waals surface area contributed by atoms with Crippen molar-refractivity contribution in [3.63, 3.8) is 0 Å². The Kier molecular flexibility index (Phi) is 1.78. The lowest BCUT2D eigenvalue weighted by Crippen LogP contribution is -2.06. The second kappa shape index (κ2) is 2.58. The maximum absolute atomic E-state index is 5.57. The highest BCUT2D eigenvalue weighted by molar-refractivity contribution is 5.56. The molecule has 0 aliphatic carbocycles. The molecule has 1 aromatic rings. The van der Waals surface area contributed by atoms with Crippen LogP contribution in [0.25, 0.3) is 0 Å². The van der Waals surface area contributed by atoms with Gasteiger partial charge in [-0.1, -0.05) is 0 Å². The van der Waals surface area contributed by atoms with Crippen LogP contribution < -0.4 is 17.0 Å². The Morgan fingerprint density at radius 3 is 2.60 bits per heavy atom. The molecular formula is C7H11N3. The molecular weight excluding hydrogens is 126 g/mol. The maximum atomic E-state index is 5.57. The molecule has 0 aliphatic rings. The van der Waals surface area contributed by atoms with Crippen molar-refractivity contribution in [1.82, 2.24) is 0 Å². The zero-order valence-corrected chi connectivity index (χ0v) is 5.89. The fourth-order valence-electron chi connectivity index (χ4n) is 0.765. The molecule has 0 fully saturated rings. The minimum atomic E-state index is 0.791. The number of benzene rings is 1. The first-order valence-corrected chi connectivity index (χ1v) is 3.07. The summed E-state index contributed by atoms with van der Waals surface area (Å²) < 4.78 is 0. The Morgan fingerprint density at radius 2 is 2.10 bits per heavy atom. The standard InChI is InChI=1S/C7H11N3/c1-5-4-6(10-9)2-3-7(5)8/h2-4,10H,8-9H2,1H3. The van der Waals surface area contributed by atoms with Crippen molar-refractivity contribution >= 4 is 11.4 Å². The lowest BCUT2D eigenvalue weighted by atomic mass is 10.2. The predicted octanol–water partition coefficient (Wildman–Crippen LogP) is 0.863. The van der Waals surface area contributed by atoms with Crippen LogP contribution >= 0.6 is 0 Å². The number of aryl methyl sites for hydroxylation is 1.